The number of allylic oxidation sites excluding steroid dienone is 2. The Balaban J connectivity index is 1.58. The van der Waals surface area contributed by atoms with Crippen LogP contribution in [-0.4, -0.2) is 73.3 Å². The molecular weight excluding hydrogens is 478 g/mol. The van der Waals surface area contributed by atoms with E-state index in [1.54, 1.807) is 24.5 Å². The minimum Gasteiger partial charge on any atom is -0.497 e. The van der Waals surface area contributed by atoms with E-state index >= 15 is 0 Å². The van der Waals surface area contributed by atoms with Crippen LogP contribution in [0.2, 0.25) is 0 Å². The van der Waals surface area contributed by atoms with Crippen LogP contribution in [0.15, 0.2) is 74.8 Å². The number of hydrogen-bond acceptors (Lipinski definition) is 8. The molecule has 1 fully saturated rings. The summed E-state index contributed by atoms with van der Waals surface area (Å²) in [5.74, 6) is 0.911. The minimum absolute atomic E-state index is 0.216. The topological polar surface area (TPSA) is 85.1 Å². The van der Waals surface area contributed by atoms with E-state index in [2.05, 4.69) is 40.2 Å². The van der Waals surface area contributed by atoms with Gasteiger partial charge in [0.2, 0.25) is 0 Å². The molecule has 0 radical (unpaired) electrons. The first-order valence-electron chi connectivity index (χ1n) is 13.3. The van der Waals surface area contributed by atoms with Crippen molar-refractivity contribution in [2.75, 3.05) is 38.3 Å². The van der Waals surface area contributed by atoms with Crippen LogP contribution in [0, 0.1) is 5.92 Å². The number of benzene rings is 1. The minimum atomic E-state index is -0.216. The van der Waals surface area contributed by atoms with Crippen LogP contribution in [0.25, 0.3) is 0 Å². The summed E-state index contributed by atoms with van der Waals surface area (Å²) < 4.78 is 5.33. The maximum absolute atomic E-state index is 13.5. The molecule has 1 saturated heterocycles. The fourth-order valence-electron chi connectivity index (χ4n) is 4.90. The van der Waals surface area contributed by atoms with Gasteiger partial charge < -0.3 is 15.0 Å². The molecule has 3 aliphatic heterocycles. The summed E-state index contributed by atoms with van der Waals surface area (Å²) in [6.07, 6.45) is 11.2. The Labute approximate surface area is 225 Å². The molecule has 0 unspecified atom stereocenters. The van der Waals surface area contributed by atoms with E-state index in [0.29, 0.717) is 36.3 Å². The summed E-state index contributed by atoms with van der Waals surface area (Å²) in [6.45, 7) is 11.2. The first-order chi connectivity index (χ1) is 18.4. The number of amides is 1. The van der Waals surface area contributed by atoms with Crippen molar-refractivity contribution < 1.29 is 9.53 Å². The zero-order chi connectivity index (χ0) is 27.1. The van der Waals surface area contributed by atoms with Crippen molar-refractivity contribution in [3.63, 3.8) is 0 Å². The molecule has 0 spiro atoms. The first kappa shape index (κ1) is 27.3. The summed E-state index contributed by atoms with van der Waals surface area (Å²) in [5.41, 5.74) is 3.90. The molecular formula is C29H39N7O2. The molecule has 1 aromatic carbocycles. The highest BCUT2D eigenvalue weighted by atomic mass is 16.5. The summed E-state index contributed by atoms with van der Waals surface area (Å²) >= 11 is 0. The van der Waals surface area contributed by atoms with Gasteiger partial charge in [-0.1, -0.05) is 6.08 Å². The highest BCUT2D eigenvalue weighted by Crippen LogP contribution is 2.27. The van der Waals surface area contributed by atoms with E-state index in [1.165, 1.54) is 0 Å². The van der Waals surface area contributed by atoms with Crippen LogP contribution in [0.4, 0.5) is 5.69 Å². The standard InChI is InChI=1S/C29H39N7O2/c1-6-14-35-20-28(30-7-2)26(18-31-35)29(37)32-23-17-27(22-12-15-34(16-13-22)21(3)4)33-36(19-23)24-8-10-25(38-5)11-9-24/h6-11,14,17-18,21-22H,12-13,15-16,19-20H2,1-5H3,(H,32,37)/b14-6-,30-7?. The van der Waals surface area contributed by atoms with Crippen LogP contribution >= 0.6 is 0 Å². The van der Waals surface area contributed by atoms with E-state index < -0.39 is 0 Å². The molecule has 3 heterocycles. The Hall–Kier alpha value is -3.72. The summed E-state index contributed by atoms with van der Waals surface area (Å²) in [5, 5.41) is 16.3. The molecule has 0 bridgehead atoms. The van der Waals surface area contributed by atoms with Crippen molar-refractivity contribution in [2.45, 2.75) is 46.6 Å². The predicted octanol–water partition coefficient (Wildman–Crippen LogP) is 4.17. The largest absolute Gasteiger partial charge is 0.497 e. The third-order valence-corrected chi connectivity index (χ3v) is 7.01. The number of nitrogens with one attached hydrogen (secondary N) is 1. The molecule has 0 aromatic heterocycles. The van der Waals surface area contributed by atoms with E-state index in [1.807, 2.05) is 55.4 Å². The fourth-order valence-corrected chi connectivity index (χ4v) is 4.90. The van der Waals surface area contributed by atoms with Crippen molar-refractivity contribution in [1.29, 1.82) is 0 Å². The first-order valence-corrected chi connectivity index (χ1v) is 13.3. The Morgan fingerprint density at radius 2 is 1.89 bits per heavy atom. The summed E-state index contributed by atoms with van der Waals surface area (Å²) in [4.78, 5) is 20.4. The van der Waals surface area contributed by atoms with Gasteiger partial charge in [-0.3, -0.25) is 19.8 Å². The quantitative estimate of drug-likeness (QED) is 0.523. The van der Waals surface area contributed by atoms with Crippen LogP contribution in [-0.2, 0) is 4.79 Å². The monoisotopic (exact) mass is 517 g/mol. The molecule has 1 amide bonds. The lowest BCUT2D eigenvalue weighted by Gasteiger charge is -2.36. The molecule has 202 valence electrons. The van der Waals surface area contributed by atoms with Gasteiger partial charge in [0.25, 0.3) is 5.91 Å². The lowest BCUT2D eigenvalue weighted by atomic mass is 9.90. The number of carbonyl (C=O) groups excluding carboxylic acids is 1. The third-order valence-electron chi connectivity index (χ3n) is 7.01. The highest BCUT2D eigenvalue weighted by molar-refractivity contribution is 6.14. The third kappa shape index (κ3) is 6.58. The second-order valence-electron chi connectivity index (χ2n) is 9.88. The van der Waals surface area contributed by atoms with Crippen LogP contribution in [0.1, 0.15) is 40.5 Å². The summed E-state index contributed by atoms with van der Waals surface area (Å²) in [6, 6.07) is 8.38. The van der Waals surface area contributed by atoms with Crippen molar-refractivity contribution >= 4 is 29.7 Å². The molecule has 0 saturated carbocycles. The normalized spacial score (nSPS) is 19.5. The Bertz CT molecular complexity index is 1170. The van der Waals surface area contributed by atoms with Crippen molar-refractivity contribution in [1.82, 2.24) is 15.2 Å². The Kier molecular flexibility index (Phi) is 9.12. The number of carbonyl (C=O) groups is 1. The molecule has 9 nitrogen and oxygen atoms in total. The van der Waals surface area contributed by atoms with Crippen molar-refractivity contribution in [3.05, 3.63) is 59.6 Å². The fraction of sp³-hybridized carbons (Fsp3) is 0.448. The lowest BCUT2D eigenvalue weighted by molar-refractivity contribution is -0.116. The van der Waals surface area contributed by atoms with Gasteiger partial charge in [-0.15, -0.1) is 0 Å². The number of rotatable bonds is 8. The van der Waals surface area contributed by atoms with Gasteiger partial charge in [0.05, 0.1) is 49.1 Å². The van der Waals surface area contributed by atoms with E-state index in [4.69, 9.17) is 9.84 Å². The molecule has 0 atom stereocenters. The number of aliphatic imine (C=N–C) groups is 1. The number of methoxy groups -OCH3 is 1. The van der Waals surface area contributed by atoms with Gasteiger partial charge >= 0.3 is 0 Å². The zero-order valence-electron chi connectivity index (χ0n) is 23.1. The second-order valence-corrected chi connectivity index (χ2v) is 9.88. The number of anilines is 1. The van der Waals surface area contributed by atoms with E-state index in [0.717, 1.165) is 48.8 Å². The Morgan fingerprint density at radius 1 is 1.16 bits per heavy atom. The van der Waals surface area contributed by atoms with Gasteiger partial charge in [-0.05, 0) is 84.0 Å². The number of nitrogens with zero attached hydrogens (tertiary/aromatic N) is 6. The lowest BCUT2D eigenvalue weighted by Crippen LogP contribution is -2.42. The number of hydrogen-bond donors (Lipinski definition) is 1. The van der Waals surface area contributed by atoms with E-state index in [-0.39, 0.29) is 5.91 Å². The van der Waals surface area contributed by atoms with Gasteiger partial charge in [0, 0.05) is 30.1 Å². The summed E-state index contributed by atoms with van der Waals surface area (Å²) in [7, 11) is 1.66. The van der Waals surface area contributed by atoms with Gasteiger partial charge in [0.1, 0.15) is 5.75 Å². The van der Waals surface area contributed by atoms with Gasteiger partial charge in [-0.2, -0.15) is 10.2 Å². The molecule has 1 N–H and O–H groups in total. The Morgan fingerprint density at radius 3 is 2.53 bits per heavy atom. The predicted molar refractivity (Wildman–Crippen MR) is 155 cm³/mol. The highest BCUT2D eigenvalue weighted by Gasteiger charge is 2.28. The van der Waals surface area contributed by atoms with Gasteiger partial charge in [-0.25, -0.2) is 0 Å². The molecule has 38 heavy (non-hydrogen) atoms. The maximum Gasteiger partial charge on any atom is 0.259 e. The molecule has 4 rings (SSSR count). The number of ether oxygens (including phenoxy) is 1. The molecule has 0 aliphatic carbocycles. The van der Waals surface area contributed by atoms with Crippen molar-refractivity contribution in [3.8, 4) is 5.75 Å². The second kappa shape index (κ2) is 12.7. The molecule has 1 aromatic rings. The average molecular weight is 518 g/mol. The van der Waals surface area contributed by atoms with E-state index in [9.17, 15) is 4.79 Å². The number of likely N-dealkylation sites (tertiary alicyclic amines) is 1. The number of hydrazone groups is 2. The number of piperidine rings is 1. The van der Waals surface area contributed by atoms with Crippen LogP contribution in [0.3, 0.4) is 0 Å². The SMILES string of the molecule is CC=NC1=C(C(=O)NC2=CC(C3CCN(C(C)C)CC3)=NN(c3ccc(OC)cc3)C2)C=NN(/C=C\C)C1. The smallest absolute Gasteiger partial charge is 0.259 e. The maximum atomic E-state index is 13.5. The van der Waals surface area contributed by atoms with Crippen LogP contribution in [0.5, 0.6) is 5.75 Å². The van der Waals surface area contributed by atoms with Crippen molar-refractivity contribution in [2.24, 2.45) is 21.1 Å². The molecule has 3 aliphatic rings. The van der Waals surface area contributed by atoms with Crippen LogP contribution < -0.4 is 15.1 Å². The average Bonchev–Trinajstić information content (AvgIpc) is 2.93. The van der Waals surface area contributed by atoms with Gasteiger partial charge in [0.15, 0.2) is 0 Å². The zero-order valence-corrected chi connectivity index (χ0v) is 23.1. The molecule has 9 heteroatoms.